The Labute approximate surface area is 136 Å². The molecule has 2 aromatic rings. The minimum Gasteiger partial charge on any atom is -0.497 e. The van der Waals surface area contributed by atoms with Crippen molar-refractivity contribution in [3.63, 3.8) is 0 Å². The molecule has 23 heavy (non-hydrogen) atoms. The molecule has 1 aliphatic rings. The van der Waals surface area contributed by atoms with E-state index in [9.17, 15) is 0 Å². The average Bonchev–Trinajstić information content (AvgIpc) is 2.94. The van der Waals surface area contributed by atoms with Crippen molar-refractivity contribution in [2.24, 2.45) is 4.99 Å². The summed E-state index contributed by atoms with van der Waals surface area (Å²) < 4.78 is 16.4. The Kier molecular flexibility index (Phi) is 3.99. The van der Waals surface area contributed by atoms with Gasteiger partial charge in [-0.15, -0.1) is 0 Å². The Morgan fingerprint density at radius 3 is 2.13 bits per heavy atom. The molecule has 0 saturated heterocycles. The summed E-state index contributed by atoms with van der Waals surface area (Å²) in [4.78, 5) is 4.64. The third kappa shape index (κ3) is 3.31. The lowest BCUT2D eigenvalue weighted by atomic mass is 10.0. The summed E-state index contributed by atoms with van der Waals surface area (Å²) in [6.07, 6.45) is 0. The number of methoxy groups -OCH3 is 2. The average molecular weight is 311 g/mol. The molecule has 0 fully saturated rings. The predicted octanol–water partition coefficient (Wildman–Crippen LogP) is 3.93. The number of nitrogens with zero attached hydrogens (tertiary/aromatic N) is 1. The lowest BCUT2D eigenvalue weighted by Gasteiger charge is -2.10. The van der Waals surface area contributed by atoms with Crippen LogP contribution in [0.15, 0.2) is 47.5 Å². The van der Waals surface area contributed by atoms with E-state index in [0.717, 1.165) is 28.2 Å². The number of aliphatic imine (C=N–C) groups is 1. The van der Waals surface area contributed by atoms with Gasteiger partial charge in [0.25, 0.3) is 0 Å². The maximum absolute atomic E-state index is 5.74. The maximum Gasteiger partial charge on any atom is 0.216 e. The topological polar surface area (TPSA) is 40.0 Å². The van der Waals surface area contributed by atoms with E-state index in [1.165, 1.54) is 0 Å². The highest BCUT2D eigenvalue weighted by atomic mass is 16.5. The maximum atomic E-state index is 5.74. The van der Waals surface area contributed by atoms with Gasteiger partial charge in [-0.25, -0.2) is 4.99 Å². The monoisotopic (exact) mass is 311 g/mol. The van der Waals surface area contributed by atoms with Crippen molar-refractivity contribution < 1.29 is 14.2 Å². The quantitative estimate of drug-likeness (QED) is 0.859. The van der Waals surface area contributed by atoms with E-state index in [1.54, 1.807) is 14.2 Å². The number of hydrogen-bond acceptors (Lipinski definition) is 4. The molecule has 120 valence electrons. The van der Waals surface area contributed by atoms with Crippen molar-refractivity contribution in [2.45, 2.75) is 19.4 Å². The predicted molar refractivity (Wildman–Crippen MR) is 91.6 cm³/mol. The van der Waals surface area contributed by atoms with Gasteiger partial charge in [0.2, 0.25) is 5.90 Å². The zero-order chi connectivity index (χ0) is 16.4. The first-order valence-corrected chi connectivity index (χ1v) is 7.57. The smallest absolute Gasteiger partial charge is 0.216 e. The molecule has 0 bridgehead atoms. The van der Waals surface area contributed by atoms with Gasteiger partial charge in [0.15, 0.2) is 0 Å². The fourth-order valence-electron chi connectivity index (χ4n) is 2.54. The minimum absolute atomic E-state index is 0.162. The van der Waals surface area contributed by atoms with Crippen LogP contribution >= 0.6 is 0 Å². The Bertz CT molecular complexity index is 728. The zero-order valence-electron chi connectivity index (χ0n) is 13.9. The molecular weight excluding hydrogens is 290 g/mol. The summed E-state index contributed by atoms with van der Waals surface area (Å²) in [7, 11) is 3.30. The van der Waals surface area contributed by atoms with Crippen LogP contribution in [0.3, 0.4) is 0 Å². The standard InChI is InChI=1S/C19H21NO3/c1-19(2)12-23-18(20-19)14-7-5-6-13(8-14)15-9-16(21-3)11-17(10-15)22-4/h5-11H,12H2,1-4H3. The molecule has 2 aromatic carbocycles. The van der Waals surface area contributed by atoms with E-state index in [0.29, 0.717) is 12.5 Å². The molecular formula is C19H21NO3. The highest BCUT2D eigenvalue weighted by molar-refractivity contribution is 5.96. The molecule has 0 saturated carbocycles. The van der Waals surface area contributed by atoms with Crippen molar-refractivity contribution >= 4 is 5.90 Å². The van der Waals surface area contributed by atoms with Crippen LogP contribution in [0.5, 0.6) is 11.5 Å². The Balaban J connectivity index is 2.00. The molecule has 0 radical (unpaired) electrons. The van der Waals surface area contributed by atoms with Gasteiger partial charge in [-0.05, 0) is 49.2 Å². The van der Waals surface area contributed by atoms with Crippen molar-refractivity contribution in [1.29, 1.82) is 0 Å². The first-order chi connectivity index (χ1) is 11.0. The van der Waals surface area contributed by atoms with Gasteiger partial charge in [0.05, 0.1) is 19.8 Å². The van der Waals surface area contributed by atoms with E-state index in [-0.39, 0.29) is 5.54 Å². The van der Waals surface area contributed by atoms with E-state index >= 15 is 0 Å². The van der Waals surface area contributed by atoms with E-state index < -0.39 is 0 Å². The molecule has 0 aliphatic carbocycles. The Hall–Kier alpha value is -2.49. The lowest BCUT2D eigenvalue weighted by Crippen LogP contribution is -2.17. The van der Waals surface area contributed by atoms with E-state index in [1.807, 2.05) is 30.3 Å². The molecule has 0 unspecified atom stereocenters. The second kappa shape index (κ2) is 5.95. The summed E-state index contributed by atoms with van der Waals surface area (Å²) in [5.41, 5.74) is 2.91. The first kappa shape index (κ1) is 15.4. The third-order valence-corrected chi connectivity index (χ3v) is 3.76. The Morgan fingerprint density at radius 1 is 0.913 bits per heavy atom. The summed E-state index contributed by atoms with van der Waals surface area (Å²) in [6.45, 7) is 4.74. The van der Waals surface area contributed by atoms with Gasteiger partial charge < -0.3 is 14.2 Å². The van der Waals surface area contributed by atoms with Gasteiger partial charge in [0.1, 0.15) is 18.1 Å². The highest BCUT2D eigenvalue weighted by Gasteiger charge is 2.27. The van der Waals surface area contributed by atoms with Crippen LogP contribution in [0.25, 0.3) is 11.1 Å². The molecule has 3 rings (SSSR count). The second-order valence-corrected chi connectivity index (χ2v) is 6.20. The fourth-order valence-corrected chi connectivity index (χ4v) is 2.54. The lowest BCUT2D eigenvalue weighted by molar-refractivity contribution is 0.279. The molecule has 4 heteroatoms. The summed E-state index contributed by atoms with van der Waals surface area (Å²) >= 11 is 0. The second-order valence-electron chi connectivity index (χ2n) is 6.20. The van der Waals surface area contributed by atoms with Crippen LogP contribution in [0.2, 0.25) is 0 Å². The van der Waals surface area contributed by atoms with Crippen molar-refractivity contribution in [2.75, 3.05) is 20.8 Å². The summed E-state index contributed by atoms with van der Waals surface area (Å²) in [5.74, 6) is 2.23. The normalized spacial score (nSPS) is 15.7. The molecule has 0 spiro atoms. The molecule has 0 aromatic heterocycles. The first-order valence-electron chi connectivity index (χ1n) is 7.57. The van der Waals surface area contributed by atoms with E-state index in [2.05, 4.69) is 31.0 Å². The largest absolute Gasteiger partial charge is 0.497 e. The number of ether oxygens (including phenoxy) is 3. The van der Waals surface area contributed by atoms with Crippen molar-refractivity contribution in [3.8, 4) is 22.6 Å². The van der Waals surface area contributed by atoms with Gasteiger partial charge in [-0.1, -0.05) is 12.1 Å². The summed E-state index contributed by atoms with van der Waals surface area (Å²) in [5, 5.41) is 0. The fraction of sp³-hybridized carbons (Fsp3) is 0.316. The Morgan fingerprint density at radius 2 is 1.57 bits per heavy atom. The van der Waals surface area contributed by atoms with Gasteiger partial charge in [-0.3, -0.25) is 0 Å². The van der Waals surface area contributed by atoms with Crippen LogP contribution in [0.1, 0.15) is 19.4 Å². The summed E-state index contributed by atoms with van der Waals surface area (Å²) in [6, 6.07) is 14.0. The van der Waals surface area contributed by atoms with Gasteiger partial charge in [-0.2, -0.15) is 0 Å². The van der Waals surface area contributed by atoms with Crippen molar-refractivity contribution in [3.05, 3.63) is 48.0 Å². The van der Waals surface area contributed by atoms with Crippen LogP contribution in [-0.2, 0) is 4.74 Å². The third-order valence-electron chi connectivity index (χ3n) is 3.76. The molecule has 0 N–H and O–H groups in total. The molecule has 1 heterocycles. The molecule has 0 atom stereocenters. The molecule has 1 aliphatic heterocycles. The van der Waals surface area contributed by atoms with Gasteiger partial charge >= 0.3 is 0 Å². The molecule has 4 nitrogen and oxygen atoms in total. The van der Waals surface area contributed by atoms with Crippen LogP contribution < -0.4 is 9.47 Å². The zero-order valence-corrected chi connectivity index (χ0v) is 13.9. The van der Waals surface area contributed by atoms with Gasteiger partial charge in [0, 0.05) is 11.6 Å². The van der Waals surface area contributed by atoms with Crippen LogP contribution in [-0.4, -0.2) is 32.3 Å². The van der Waals surface area contributed by atoms with Crippen molar-refractivity contribution in [1.82, 2.24) is 0 Å². The van der Waals surface area contributed by atoms with Crippen LogP contribution in [0, 0.1) is 0 Å². The number of rotatable bonds is 4. The van der Waals surface area contributed by atoms with Crippen LogP contribution in [0.4, 0.5) is 0 Å². The minimum atomic E-state index is -0.162. The van der Waals surface area contributed by atoms with E-state index in [4.69, 9.17) is 14.2 Å². The SMILES string of the molecule is COc1cc(OC)cc(-c2cccc(C3=NC(C)(C)CO3)c2)c1. The highest BCUT2D eigenvalue weighted by Crippen LogP contribution is 2.31. The number of hydrogen-bond donors (Lipinski definition) is 0. The number of benzene rings is 2. The molecule has 0 amide bonds.